The number of guanidine groups is 1. The molecule has 59 heavy (non-hydrogen) atoms. The lowest BCUT2D eigenvalue weighted by Crippen LogP contribution is -2.45. The number of amides is 3. The molecule has 0 saturated heterocycles. The number of nitrogens with one attached hydrogen (secondary N) is 2. The minimum atomic E-state index is -0.937. The maximum absolute atomic E-state index is 14.1. The molecular weight excluding hydrogens is 777 g/mol. The molecule has 1 aliphatic rings. The molecule has 2 atom stereocenters. The van der Waals surface area contributed by atoms with Crippen LogP contribution in [-0.2, 0) is 36.8 Å². The number of Topliss-reactive ketones (excluding diaryl/α,β-unsaturated/α-hetero) is 1. The molecule has 0 aliphatic heterocycles. The number of rotatable bonds is 10. The molecule has 14 nitrogen and oxygen atoms in total. The van der Waals surface area contributed by atoms with Crippen LogP contribution in [0.2, 0.25) is 0 Å². The third-order valence-corrected chi connectivity index (χ3v) is 9.75. The number of thiophene rings is 1. The first kappa shape index (κ1) is 46.1. The number of fused-ring (bicyclic) bond motifs is 1. The Morgan fingerprint density at radius 2 is 1.51 bits per heavy atom. The van der Waals surface area contributed by atoms with Crippen molar-refractivity contribution in [2.75, 3.05) is 5.32 Å². The Morgan fingerprint density at radius 3 is 2.10 bits per heavy atom. The number of esters is 2. The number of carbonyl (C=O) groups excluding carboxylic acids is 6. The molecule has 0 radical (unpaired) electrons. The summed E-state index contributed by atoms with van der Waals surface area (Å²) in [6.07, 6.45) is 0.681. The molecular formula is C44H56N4O10S. The fraction of sp³-hybridized carbons (Fsp3) is 0.477. The van der Waals surface area contributed by atoms with Crippen molar-refractivity contribution in [2.45, 2.75) is 137 Å². The Morgan fingerprint density at radius 1 is 0.864 bits per heavy atom. The minimum absolute atomic E-state index is 0.0674. The second kappa shape index (κ2) is 19.0. The van der Waals surface area contributed by atoms with Crippen molar-refractivity contribution in [1.82, 2.24) is 10.2 Å². The van der Waals surface area contributed by atoms with Gasteiger partial charge in [0.1, 0.15) is 28.6 Å². The van der Waals surface area contributed by atoms with E-state index in [0.29, 0.717) is 16.3 Å². The number of hydrogen-bond donors (Lipinski definition) is 2. The van der Waals surface area contributed by atoms with E-state index in [2.05, 4.69) is 15.6 Å². The van der Waals surface area contributed by atoms with Crippen LogP contribution >= 0.6 is 11.3 Å². The summed E-state index contributed by atoms with van der Waals surface area (Å²) in [4.78, 5) is 83.3. The van der Waals surface area contributed by atoms with Crippen molar-refractivity contribution in [3.05, 3.63) is 81.0 Å². The average molecular weight is 833 g/mol. The van der Waals surface area contributed by atoms with Gasteiger partial charge >= 0.3 is 24.1 Å². The topological polar surface area (TPSA) is 179 Å². The van der Waals surface area contributed by atoms with Gasteiger partial charge in [-0.2, -0.15) is 0 Å². The zero-order valence-electron chi connectivity index (χ0n) is 35.8. The van der Waals surface area contributed by atoms with Gasteiger partial charge in [-0.3, -0.25) is 14.9 Å². The monoisotopic (exact) mass is 832 g/mol. The average Bonchev–Trinajstić information content (AvgIpc) is 3.57. The second-order valence-corrected chi connectivity index (χ2v) is 18.3. The van der Waals surface area contributed by atoms with Crippen LogP contribution in [0.4, 0.5) is 15.3 Å². The van der Waals surface area contributed by atoms with Gasteiger partial charge in [0.05, 0.1) is 10.4 Å². The molecule has 15 heteroatoms. The first-order valence-corrected chi connectivity index (χ1v) is 20.4. The van der Waals surface area contributed by atoms with Crippen molar-refractivity contribution in [3.8, 4) is 5.75 Å². The van der Waals surface area contributed by atoms with Crippen LogP contribution in [0.5, 0.6) is 5.75 Å². The predicted octanol–water partition coefficient (Wildman–Crippen LogP) is 8.97. The zero-order valence-corrected chi connectivity index (χ0v) is 36.6. The van der Waals surface area contributed by atoms with Crippen molar-refractivity contribution in [1.29, 1.82) is 0 Å². The molecule has 0 spiro atoms. The summed E-state index contributed by atoms with van der Waals surface area (Å²) in [5.41, 5.74) is 0.969. The van der Waals surface area contributed by atoms with Gasteiger partial charge in [-0.25, -0.2) is 19.2 Å². The first-order valence-electron chi connectivity index (χ1n) is 19.5. The van der Waals surface area contributed by atoms with E-state index in [4.69, 9.17) is 18.9 Å². The van der Waals surface area contributed by atoms with Crippen molar-refractivity contribution in [2.24, 2.45) is 4.99 Å². The summed E-state index contributed by atoms with van der Waals surface area (Å²) in [6, 6.07) is 12.4. The highest BCUT2D eigenvalue weighted by Gasteiger charge is 2.33. The summed E-state index contributed by atoms with van der Waals surface area (Å²) in [7, 11) is 0. The number of hydrogen-bond acceptors (Lipinski definition) is 11. The maximum Gasteiger partial charge on any atom is 0.437 e. The number of anilines is 1. The lowest BCUT2D eigenvalue weighted by atomic mass is 9.80. The van der Waals surface area contributed by atoms with Gasteiger partial charge in [-0.1, -0.05) is 6.07 Å². The minimum Gasteiger partial charge on any atom is -0.458 e. The number of ether oxygens (including phenoxy) is 4. The highest BCUT2D eigenvalue weighted by Crippen LogP contribution is 2.37. The maximum atomic E-state index is 14.1. The van der Waals surface area contributed by atoms with Crippen LogP contribution in [0.25, 0.3) is 0 Å². The largest absolute Gasteiger partial charge is 0.458 e. The highest BCUT2D eigenvalue weighted by atomic mass is 32.1. The summed E-state index contributed by atoms with van der Waals surface area (Å²) < 4.78 is 21.9. The van der Waals surface area contributed by atoms with E-state index < -0.39 is 47.0 Å². The Balaban J connectivity index is 1.46. The van der Waals surface area contributed by atoms with Crippen molar-refractivity contribution in [3.63, 3.8) is 0 Å². The number of ketones is 1. The third kappa shape index (κ3) is 14.6. The van der Waals surface area contributed by atoms with Gasteiger partial charge in [0, 0.05) is 18.7 Å². The summed E-state index contributed by atoms with van der Waals surface area (Å²) in [5, 5.41) is 7.09. The van der Waals surface area contributed by atoms with E-state index in [-0.39, 0.29) is 42.1 Å². The second-order valence-electron chi connectivity index (χ2n) is 17.4. The number of benzene rings is 2. The molecule has 1 unspecified atom stereocenters. The molecule has 3 amide bonds. The quantitative estimate of drug-likeness (QED) is 0.0497. The van der Waals surface area contributed by atoms with E-state index in [9.17, 15) is 28.8 Å². The molecule has 1 aromatic heterocycles. The molecule has 0 fully saturated rings. The van der Waals surface area contributed by atoms with Crippen molar-refractivity contribution >= 4 is 58.8 Å². The molecule has 2 aromatic carbocycles. The number of aliphatic imine (C=N–C) groups is 1. The van der Waals surface area contributed by atoms with Gasteiger partial charge in [-0.15, -0.1) is 16.3 Å². The van der Waals surface area contributed by atoms with E-state index >= 15 is 0 Å². The van der Waals surface area contributed by atoms with Crippen LogP contribution in [0.15, 0.2) is 58.9 Å². The normalized spacial score (nSPS) is 14.9. The van der Waals surface area contributed by atoms with E-state index in [0.717, 1.165) is 36.0 Å². The SMILES string of the molecule is CC(=O)c1cc(CN(C(=O)CC2CCCc3cc(OC(=O)c4ccc(N/C(=N\C(=O)OC(C)(C)C)NC(=O)OC(C)(C)C)cc4)ccc32)[C@H](C)C(=O)OC(C)(C)C)cs1. The lowest BCUT2D eigenvalue weighted by molar-refractivity contribution is -0.164. The molecule has 318 valence electrons. The predicted molar refractivity (Wildman–Crippen MR) is 225 cm³/mol. The van der Waals surface area contributed by atoms with Crippen LogP contribution in [0.3, 0.4) is 0 Å². The zero-order chi connectivity index (χ0) is 43.9. The van der Waals surface area contributed by atoms with E-state index in [1.807, 2.05) is 17.5 Å². The van der Waals surface area contributed by atoms with Crippen LogP contribution < -0.4 is 15.4 Å². The van der Waals surface area contributed by atoms with Gasteiger partial charge in [-0.05, 0) is 166 Å². The van der Waals surface area contributed by atoms with Gasteiger partial charge in [0.15, 0.2) is 5.78 Å². The number of aryl methyl sites for hydroxylation is 1. The van der Waals surface area contributed by atoms with Crippen LogP contribution in [-0.4, -0.2) is 69.5 Å². The smallest absolute Gasteiger partial charge is 0.437 e. The standard InChI is InChI=1S/C44H56N4O10S/c1-26(37(51)56-42(3,4)5)48(24-28-21-35(27(2)49)59-25-28)36(50)23-31-14-12-13-30-22-33(19-20-34(30)31)55-38(52)29-15-17-32(18-16-29)45-39(46-40(53)57-43(6,7)8)47-41(54)58-44(9,10)11/h15-22,25-26,31H,12-14,23-24H2,1-11H3,(H2,45,46,47,53,54)/t26-,31?/m1/s1. The molecule has 1 heterocycles. The van der Waals surface area contributed by atoms with Gasteiger partial charge in [0.2, 0.25) is 11.9 Å². The first-order chi connectivity index (χ1) is 27.4. The van der Waals surface area contributed by atoms with Crippen molar-refractivity contribution < 1.29 is 47.7 Å². The van der Waals surface area contributed by atoms with Crippen LogP contribution in [0.1, 0.15) is 138 Å². The number of carbonyl (C=O) groups is 6. The molecule has 3 aromatic rings. The van der Waals surface area contributed by atoms with Gasteiger partial charge < -0.3 is 29.2 Å². The summed E-state index contributed by atoms with van der Waals surface area (Å²) in [5.74, 6) is -1.43. The molecule has 0 saturated carbocycles. The number of alkyl carbamates (subject to hydrolysis) is 1. The van der Waals surface area contributed by atoms with E-state index in [1.165, 1.54) is 35.3 Å². The lowest BCUT2D eigenvalue weighted by Gasteiger charge is -2.32. The molecule has 1 aliphatic carbocycles. The molecule has 4 rings (SSSR count). The third-order valence-electron chi connectivity index (χ3n) is 8.67. The Bertz CT molecular complexity index is 2070. The molecule has 0 bridgehead atoms. The number of nitrogens with zero attached hydrogens (tertiary/aromatic N) is 2. The Hall–Kier alpha value is -5.57. The highest BCUT2D eigenvalue weighted by molar-refractivity contribution is 7.12. The Labute approximate surface area is 350 Å². The van der Waals surface area contributed by atoms with Gasteiger partial charge in [0.25, 0.3) is 0 Å². The summed E-state index contributed by atoms with van der Waals surface area (Å²) in [6.45, 7) is 18.8. The molecule has 2 N–H and O–H groups in total. The fourth-order valence-electron chi connectivity index (χ4n) is 6.15. The Kier molecular flexibility index (Phi) is 14.9. The van der Waals surface area contributed by atoms with Crippen LogP contribution in [0, 0.1) is 0 Å². The fourth-order valence-corrected chi connectivity index (χ4v) is 6.95. The summed E-state index contributed by atoms with van der Waals surface area (Å²) >= 11 is 1.30. The van der Waals surface area contributed by atoms with E-state index in [1.54, 1.807) is 93.5 Å².